The van der Waals surface area contributed by atoms with E-state index in [2.05, 4.69) is 0 Å². The van der Waals surface area contributed by atoms with Gasteiger partial charge in [-0.1, -0.05) is 20.3 Å². The second-order valence-electron chi connectivity index (χ2n) is 3.69. The second-order valence-corrected chi connectivity index (χ2v) is 3.69. The molecule has 5 heteroatoms. The van der Waals surface area contributed by atoms with Crippen LogP contribution in [-0.4, -0.2) is 11.5 Å². The first-order valence-corrected chi connectivity index (χ1v) is 5.11. The standard InChI is InChI=1S/C11H14FNO3/c1-3-8(2)7-16-11-6-9(12)4-5-10(11)13(14)15/h4-6,8H,3,7H2,1-2H3. The van der Waals surface area contributed by atoms with Crippen LogP contribution in [0.1, 0.15) is 20.3 Å². The largest absolute Gasteiger partial charge is 0.486 e. The Morgan fingerprint density at radius 3 is 2.81 bits per heavy atom. The summed E-state index contributed by atoms with van der Waals surface area (Å²) >= 11 is 0. The highest BCUT2D eigenvalue weighted by molar-refractivity contribution is 5.46. The van der Waals surface area contributed by atoms with Gasteiger partial charge in [0, 0.05) is 12.1 Å². The summed E-state index contributed by atoms with van der Waals surface area (Å²) < 4.78 is 18.2. The second kappa shape index (κ2) is 5.44. The van der Waals surface area contributed by atoms with E-state index in [-0.39, 0.29) is 17.4 Å². The van der Waals surface area contributed by atoms with E-state index in [1.165, 1.54) is 0 Å². The third-order valence-electron chi connectivity index (χ3n) is 2.34. The fourth-order valence-electron chi connectivity index (χ4n) is 1.10. The fourth-order valence-corrected chi connectivity index (χ4v) is 1.10. The third-order valence-corrected chi connectivity index (χ3v) is 2.34. The molecule has 88 valence electrons. The Morgan fingerprint density at radius 1 is 1.56 bits per heavy atom. The molecule has 0 aliphatic rings. The highest BCUT2D eigenvalue weighted by atomic mass is 19.1. The number of hydrogen-bond acceptors (Lipinski definition) is 3. The summed E-state index contributed by atoms with van der Waals surface area (Å²) in [5, 5.41) is 10.7. The van der Waals surface area contributed by atoms with Crippen LogP contribution in [0.2, 0.25) is 0 Å². The molecule has 1 unspecified atom stereocenters. The van der Waals surface area contributed by atoms with Crippen molar-refractivity contribution in [3.63, 3.8) is 0 Å². The molecule has 0 aliphatic carbocycles. The van der Waals surface area contributed by atoms with Gasteiger partial charge in [0.2, 0.25) is 0 Å². The van der Waals surface area contributed by atoms with Crippen LogP contribution in [0, 0.1) is 21.8 Å². The van der Waals surface area contributed by atoms with Crippen LogP contribution in [0.3, 0.4) is 0 Å². The number of nitrogens with zero attached hydrogens (tertiary/aromatic N) is 1. The van der Waals surface area contributed by atoms with Crippen LogP contribution in [0.25, 0.3) is 0 Å². The molecule has 0 spiro atoms. The molecule has 16 heavy (non-hydrogen) atoms. The predicted octanol–water partition coefficient (Wildman–Crippen LogP) is 3.16. The molecule has 0 bridgehead atoms. The number of nitro groups is 1. The minimum Gasteiger partial charge on any atom is -0.486 e. The number of hydrogen-bond donors (Lipinski definition) is 0. The Kier molecular flexibility index (Phi) is 4.22. The van der Waals surface area contributed by atoms with Crippen molar-refractivity contribution in [2.75, 3.05) is 6.61 Å². The Morgan fingerprint density at radius 2 is 2.25 bits per heavy atom. The smallest absolute Gasteiger partial charge is 0.311 e. The van der Waals surface area contributed by atoms with E-state index in [1.54, 1.807) is 0 Å². The van der Waals surface area contributed by atoms with Gasteiger partial charge in [-0.2, -0.15) is 0 Å². The zero-order valence-corrected chi connectivity index (χ0v) is 9.27. The maximum Gasteiger partial charge on any atom is 0.311 e. The van der Waals surface area contributed by atoms with Crippen LogP contribution in [0.5, 0.6) is 5.75 Å². The fraction of sp³-hybridized carbons (Fsp3) is 0.455. The minimum absolute atomic E-state index is 0.00898. The molecule has 0 N–H and O–H groups in total. The van der Waals surface area contributed by atoms with Gasteiger partial charge in [0.1, 0.15) is 5.82 Å². The molecule has 0 heterocycles. The Balaban J connectivity index is 2.84. The lowest BCUT2D eigenvalue weighted by molar-refractivity contribution is -0.386. The molecule has 0 aromatic heterocycles. The lowest BCUT2D eigenvalue weighted by Crippen LogP contribution is -2.08. The van der Waals surface area contributed by atoms with Crippen molar-refractivity contribution < 1.29 is 14.1 Å². The topological polar surface area (TPSA) is 52.4 Å². The average Bonchev–Trinajstić information content (AvgIpc) is 2.25. The summed E-state index contributed by atoms with van der Waals surface area (Å²) in [6.45, 7) is 4.31. The lowest BCUT2D eigenvalue weighted by Gasteiger charge is -2.10. The molecule has 0 saturated heterocycles. The quantitative estimate of drug-likeness (QED) is 0.573. The number of benzene rings is 1. The van der Waals surface area contributed by atoms with Crippen LogP contribution >= 0.6 is 0 Å². The van der Waals surface area contributed by atoms with E-state index in [0.29, 0.717) is 6.61 Å². The predicted molar refractivity (Wildman–Crippen MR) is 58.0 cm³/mol. The zero-order chi connectivity index (χ0) is 12.1. The molecule has 0 fully saturated rings. The first-order chi connectivity index (χ1) is 7.54. The third kappa shape index (κ3) is 3.18. The summed E-state index contributed by atoms with van der Waals surface area (Å²) in [6.07, 6.45) is 0.906. The van der Waals surface area contributed by atoms with E-state index in [4.69, 9.17) is 4.74 Å². The van der Waals surface area contributed by atoms with Crippen molar-refractivity contribution >= 4 is 5.69 Å². The molecule has 1 atom stereocenters. The Hall–Kier alpha value is -1.65. The first kappa shape index (κ1) is 12.4. The van der Waals surface area contributed by atoms with E-state index in [1.807, 2.05) is 13.8 Å². The Labute approximate surface area is 93.2 Å². The molecule has 0 amide bonds. The van der Waals surface area contributed by atoms with Crippen LogP contribution in [-0.2, 0) is 0 Å². The molecule has 4 nitrogen and oxygen atoms in total. The molecule has 0 aliphatic heterocycles. The highest BCUT2D eigenvalue weighted by Crippen LogP contribution is 2.27. The zero-order valence-electron chi connectivity index (χ0n) is 9.27. The van der Waals surface area contributed by atoms with E-state index < -0.39 is 10.7 Å². The van der Waals surface area contributed by atoms with Crippen molar-refractivity contribution in [1.29, 1.82) is 0 Å². The maximum atomic E-state index is 12.9. The van der Waals surface area contributed by atoms with Crippen molar-refractivity contribution in [1.82, 2.24) is 0 Å². The monoisotopic (exact) mass is 227 g/mol. The Bertz CT molecular complexity index is 381. The van der Waals surface area contributed by atoms with Crippen LogP contribution in [0.4, 0.5) is 10.1 Å². The van der Waals surface area contributed by atoms with Crippen molar-refractivity contribution in [2.45, 2.75) is 20.3 Å². The molecule has 0 saturated carbocycles. The van der Waals surface area contributed by atoms with Gasteiger partial charge in [-0.15, -0.1) is 0 Å². The lowest BCUT2D eigenvalue weighted by atomic mass is 10.1. The summed E-state index contributed by atoms with van der Waals surface area (Å²) in [6, 6.07) is 3.20. The van der Waals surface area contributed by atoms with E-state index in [9.17, 15) is 14.5 Å². The summed E-state index contributed by atoms with van der Waals surface area (Å²) in [4.78, 5) is 10.1. The summed E-state index contributed by atoms with van der Waals surface area (Å²) in [5.41, 5.74) is -0.204. The average molecular weight is 227 g/mol. The van der Waals surface area contributed by atoms with E-state index >= 15 is 0 Å². The molecule has 1 aromatic rings. The van der Waals surface area contributed by atoms with E-state index in [0.717, 1.165) is 24.6 Å². The molecule has 0 radical (unpaired) electrons. The highest BCUT2D eigenvalue weighted by Gasteiger charge is 2.16. The normalized spacial score (nSPS) is 12.2. The van der Waals surface area contributed by atoms with Crippen LogP contribution < -0.4 is 4.74 Å². The van der Waals surface area contributed by atoms with Crippen molar-refractivity contribution in [3.8, 4) is 5.75 Å². The van der Waals surface area contributed by atoms with Gasteiger partial charge >= 0.3 is 5.69 Å². The van der Waals surface area contributed by atoms with Gasteiger partial charge in [-0.3, -0.25) is 10.1 Å². The van der Waals surface area contributed by atoms with Crippen LogP contribution in [0.15, 0.2) is 18.2 Å². The SMILES string of the molecule is CCC(C)COc1cc(F)ccc1[N+](=O)[O-]. The first-order valence-electron chi connectivity index (χ1n) is 5.11. The molecule has 1 aromatic carbocycles. The van der Waals surface area contributed by atoms with Gasteiger partial charge in [0.05, 0.1) is 11.5 Å². The summed E-state index contributed by atoms with van der Waals surface area (Å²) in [7, 11) is 0. The molecular weight excluding hydrogens is 213 g/mol. The maximum absolute atomic E-state index is 12.9. The van der Waals surface area contributed by atoms with Gasteiger partial charge in [0.25, 0.3) is 0 Å². The number of nitro benzene ring substituents is 1. The number of halogens is 1. The molecular formula is C11H14FNO3. The minimum atomic E-state index is -0.578. The van der Waals surface area contributed by atoms with Gasteiger partial charge in [-0.25, -0.2) is 4.39 Å². The van der Waals surface area contributed by atoms with Crippen molar-refractivity contribution in [2.24, 2.45) is 5.92 Å². The summed E-state index contributed by atoms with van der Waals surface area (Å²) in [5.74, 6) is -0.266. The molecule has 1 rings (SSSR count). The number of rotatable bonds is 5. The number of ether oxygens (including phenoxy) is 1. The van der Waals surface area contributed by atoms with Crippen molar-refractivity contribution in [3.05, 3.63) is 34.1 Å². The van der Waals surface area contributed by atoms with Gasteiger partial charge in [0.15, 0.2) is 5.75 Å². The van der Waals surface area contributed by atoms with Gasteiger partial charge in [-0.05, 0) is 12.0 Å². The van der Waals surface area contributed by atoms with Gasteiger partial charge < -0.3 is 4.74 Å².